The van der Waals surface area contributed by atoms with Crippen molar-refractivity contribution >= 4 is 23.4 Å². The van der Waals surface area contributed by atoms with E-state index in [2.05, 4.69) is 16.7 Å². The van der Waals surface area contributed by atoms with Gasteiger partial charge in [-0.05, 0) is 30.5 Å². The van der Waals surface area contributed by atoms with Crippen LogP contribution < -0.4 is 10.6 Å². The molecule has 138 valence electrons. The molecule has 2 N–H and O–H groups in total. The Labute approximate surface area is 153 Å². The van der Waals surface area contributed by atoms with Gasteiger partial charge in [-0.3, -0.25) is 14.4 Å². The summed E-state index contributed by atoms with van der Waals surface area (Å²) < 4.78 is 0. The van der Waals surface area contributed by atoms with Crippen LogP contribution >= 0.6 is 0 Å². The van der Waals surface area contributed by atoms with Gasteiger partial charge in [0.1, 0.15) is 0 Å². The quantitative estimate of drug-likeness (QED) is 0.797. The van der Waals surface area contributed by atoms with Crippen molar-refractivity contribution in [2.75, 3.05) is 18.4 Å². The number of amides is 3. The molecule has 7 nitrogen and oxygen atoms in total. The number of carbonyl (C=O) groups is 3. The number of rotatable bonds is 4. The van der Waals surface area contributed by atoms with E-state index in [-0.39, 0.29) is 17.9 Å². The van der Waals surface area contributed by atoms with Crippen LogP contribution in [-0.4, -0.2) is 41.8 Å². The predicted octanol–water partition coefficient (Wildman–Crippen LogP) is 1.45. The molecule has 0 radical (unpaired) electrons. The second kappa shape index (κ2) is 8.99. The number of benzene rings is 1. The Bertz CT molecular complexity index is 706. The van der Waals surface area contributed by atoms with Gasteiger partial charge in [-0.1, -0.05) is 26.0 Å². The van der Waals surface area contributed by atoms with E-state index in [4.69, 9.17) is 5.26 Å². The fourth-order valence-electron chi connectivity index (χ4n) is 2.77. The Morgan fingerprint density at radius 1 is 1.27 bits per heavy atom. The van der Waals surface area contributed by atoms with E-state index in [0.29, 0.717) is 25.2 Å². The van der Waals surface area contributed by atoms with Crippen LogP contribution in [0.25, 0.3) is 0 Å². The summed E-state index contributed by atoms with van der Waals surface area (Å²) in [5.74, 6) is -1.47. The molecule has 0 saturated carbocycles. The molecule has 1 fully saturated rings. The minimum absolute atomic E-state index is 0.0498. The van der Waals surface area contributed by atoms with Crippen molar-refractivity contribution in [3.63, 3.8) is 0 Å². The van der Waals surface area contributed by atoms with Crippen LogP contribution in [0.3, 0.4) is 0 Å². The highest BCUT2D eigenvalue weighted by Gasteiger charge is 2.28. The summed E-state index contributed by atoms with van der Waals surface area (Å²) in [7, 11) is 0. The lowest BCUT2D eigenvalue weighted by Gasteiger charge is -2.33. The summed E-state index contributed by atoms with van der Waals surface area (Å²) in [6.45, 7) is 4.47. The molecular formula is C19H24N4O3. The number of nitriles is 1. The van der Waals surface area contributed by atoms with Gasteiger partial charge in [0.25, 0.3) is 0 Å². The van der Waals surface area contributed by atoms with Gasteiger partial charge in [0.15, 0.2) is 0 Å². The van der Waals surface area contributed by atoms with Crippen LogP contribution in [0.5, 0.6) is 0 Å². The molecule has 26 heavy (non-hydrogen) atoms. The van der Waals surface area contributed by atoms with Crippen LogP contribution in [0.15, 0.2) is 24.3 Å². The Morgan fingerprint density at radius 2 is 1.96 bits per heavy atom. The van der Waals surface area contributed by atoms with Gasteiger partial charge in [-0.15, -0.1) is 0 Å². The second-order valence-corrected chi connectivity index (χ2v) is 6.74. The van der Waals surface area contributed by atoms with Crippen LogP contribution in [0, 0.1) is 17.2 Å². The standard InChI is InChI=1S/C19H24N4O3/c1-13(2)17(24)22-16-4-3-11-23(12-16)19(26)18(25)21-15-7-5-14(6-8-15)9-10-20/h5-8,13,16H,3-4,9,11-12H2,1-2H3,(H,21,25)(H,22,24). The molecule has 0 bridgehead atoms. The van der Waals surface area contributed by atoms with Crippen molar-refractivity contribution < 1.29 is 14.4 Å². The van der Waals surface area contributed by atoms with E-state index >= 15 is 0 Å². The molecule has 1 heterocycles. The first-order valence-electron chi connectivity index (χ1n) is 8.77. The molecule has 1 aromatic rings. The Hall–Kier alpha value is -2.88. The maximum atomic E-state index is 12.4. The molecule has 1 aliphatic rings. The number of likely N-dealkylation sites (tertiary alicyclic amines) is 1. The molecule has 2 rings (SSSR count). The van der Waals surface area contributed by atoms with Crippen LogP contribution in [0.4, 0.5) is 5.69 Å². The molecular weight excluding hydrogens is 332 g/mol. The average molecular weight is 356 g/mol. The lowest BCUT2D eigenvalue weighted by molar-refractivity contribution is -0.144. The zero-order valence-corrected chi connectivity index (χ0v) is 15.1. The minimum atomic E-state index is -0.700. The summed E-state index contributed by atoms with van der Waals surface area (Å²) in [6.07, 6.45) is 1.83. The first-order chi connectivity index (χ1) is 12.4. The number of hydrogen-bond acceptors (Lipinski definition) is 4. The molecule has 1 saturated heterocycles. The summed E-state index contributed by atoms with van der Waals surface area (Å²) in [5.41, 5.74) is 1.35. The lowest BCUT2D eigenvalue weighted by atomic mass is 10.0. The van der Waals surface area contributed by atoms with E-state index < -0.39 is 11.8 Å². The Balaban J connectivity index is 1.91. The number of nitrogens with one attached hydrogen (secondary N) is 2. The smallest absolute Gasteiger partial charge is 0.313 e. The molecule has 1 unspecified atom stereocenters. The van der Waals surface area contributed by atoms with E-state index in [1.807, 2.05) is 13.8 Å². The van der Waals surface area contributed by atoms with Crippen molar-refractivity contribution in [3.8, 4) is 6.07 Å². The highest BCUT2D eigenvalue weighted by Crippen LogP contribution is 2.13. The Kier molecular flexibility index (Phi) is 6.73. The normalized spacial score (nSPS) is 16.7. The monoisotopic (exact) mass is 356 g/mol. The summed E-state index contributed by atoms with van der Waals surface area (Å²) >= 11 is 0. The zero-order valence-electron chi connectivity index (χ0n) is 15.1. The average Bonchev–Trinajstić information content (AvgIpc) is 2.63. The molecule has 3 amide bonds. The van der Waals surface area contributed by atoms with Gasteiger partial charge in [0.2, 0.25) is 5.91 Å². The summed E-state index contributed by atoms with van der Waals surface area (Å²) in [6, 6.07) is 8.74. The van der Waals surface area contributed by atoms with Gasteiger partial charge < -0.3 is 15.5 Å². The van der Waals surface area contributed by atoms with E-state index in [9.17, 15) is 14.4 Å². The van der Waals surface area contributed by atoms with Crippen molar-refractivity contribution in [1.29, 1.82) is 5.26 Å². The number of piperidine rings is 1. The third-order valence-corrected chi connectivity index (χ3v) is 4.27. The molecule has 1 aromatic carbocycles. The van der Waals surface area contributed by atoms with Crippen LogP contribution in [-0.2, 0) is 20.8 Å². The largest absolute Gasteiger partial charge is 0.351 e. The fraction of sp³-hybridized carbons (Fsp3) is 0.474. The summed E-state index contributed by atoms with van der Waals surface area (Å²) in [5, 5.41) is 14.2. The molecule has 1 aliphatic heterocycles. The zero-order chi connectivity index (χ0) is 19.1. The molecule has 0 aliphatic carbocycles. The molecule has 1 atom stereocenters. The first kappa shape index (κ1) is 19.4. The second-order valence-electron chi connectivity index (χ2n) is 6.74. The molecule has 0 spiro atoms. The van der Waals surface area contributed by atoms with Crippen molar-refractivity contribution in [2.45, 2.75) is 39.2 Å². The van der Waals surface area contributed by atoms with Crippen molar-refractivity contribution in [1.82, 2.24) is 10.2 Å². The third-order valence-electron chi connectivity index (χ3n) is 4.27. The van der Waals surface area contributed by atoms with Crippen LogP contribution in [0.1, 0.15) is 32.3 Å². The maximum Gasteiger partial charge on any atom is 0.313 e. The third kappa shape index (κ3) is 5.31. The highest BCUT2D eigenvalue weighted by molar-refractivity contribution is 6.39. The highest BCUT2D eigenvalue weighted by atomic mass is 16.2. The summed E-state index contributed by atoms with van der Waals surface area (Å²) in [4.78, 5) is 37.9. The number of carbonyl (C=O) groups excluding carboxylic acids is 3. The van der Waals surface area contributed by atoms with Gasteiger partial charge in [0, 0.05) is 30.7 Å². The number of anilines is 1. The fourth-order valence-corrected chi connectivity index (χ4v) is 2.77. The van der Waals surface area contributed by atoms with Gasteiger partial charge >= 0.3 is 11.8 Å². The number of nitrogens with zero attached hydrogens (tertiary/aromatic N) is 2. The van der Waals surface area contributed by atoms with E-state index in [1.165, 1.54) is 4.90 Å². The van der Waals surface area contributed by atoms with Crippen molar-refractivity contribution in [3.05, 3.63) is 29.8 Å². The minimum Gasteiger partial charge on any atom is -0.351 e. The Morgan fingerprint density at radius 3 is 2.58 bits per heavy atom. The van der Waals surface area contributed by atoms with E-state index in [0.717, 1.165) is 18.4 Å². The van der Waals surface area contributed by atoms with Gasteiger partial charge in [0.05, 0.1) is 12.5 Å². The van der Waals surface area contributed by atoms with Crippen molar-refractivity contribution in [2.24, 2.45) is 5.92 Å². The first-order valence-corrected chi connectivity index (χ1v) is 8.77. The maximum absolute atomic E-state index is 12.4. The van der Waals surface area contributed by atoms with Gasteiger partial charge in [-0.2, -0.15) is 5.26 Å². The SMILES string of the molecule is CC(C)C(=O)NC1CCCN(C(=O)C(=O)Nc2ccc(CC#N)cc2)C1. The lowest BCUT2D eigenvalue weighted by Crippen LogP contribution is -2.52. The van der Waals surface area contributed by atoms with E-state index in [1.54, 1.807) is 24.3 Å². The molecule has 7 heteroatoms. The predicted molar refractivity (Wildman–Crippen MR) is 97.0 cm³/mol. The molecule has 0 aromatic heterocycles. The topological polar surface area (TPSA) is 102 Å². The number of hydrogen-bond donors (Lipinski definition) is 2. The van der Waals surface area contributed by atoms with Gasteiger partial charge in [-0.25, -0.2) is 0 Å². The van der Waals surface area contributed by atoms with Crippen LogP contribution in [0.2, 0.25) is 0 Å².